The largest absolute Gasteiger partial charge is 0.480 e. The zero-order valence-electron chi connectivity index (χ0n) is 16.8. The Labute approximate surface area is 177 Å². The number of benzene rings is 1. The lowest BCUT2D eigenvalue weighted by molar-refractivity contribution is -0.139. The minimum atomic E-state index is -1.09. The van der Waals surface area contributed by atoms with E-state index in [4.69, 9.17) is 21.4 Å². The van der Waals surface area contributed by atoms with E-state index in [2.05, 4.69) is 15.1 Å². The van der Waals surface area contributed by atoms with Crippen molar-refractivity contribution in [1.29, 1.82) is 5.41 Å². The molecule has 1 aromatic carbocycles. The van der Waals surface area contributed by atoms with Crippen LogP contribution in [0.5, 0.6) is 0 Å². The van der Waals surface area contributed by atoms with Gasteiger partial charge >= 0.3 is 17.6 Å². The summed E-state index contributed by atoms with van der Waals surface area (Å²) in [5.74, 6) is -2.76. The van der Waals surface area contributed by atoms with Gasteiger partial charge in [-0.2, -0.15) is 0 Å². The Hall–Kier alpha value is -4.15. The Morgan fingerprint density at radius 1 is 1.19 bits per heavy atom. The molecule has 11 nitrogen and oxygen atoms in total. The molecule has 166 valence electrons. The van der Waals surface area contributed by atoms with Crippen LogP contribution >= 0.6 is 0 Å². The van der Waals surface area contributed by atoms with E-state index in [1.54, 1.807) is 37.3 Å². The number of aromatic carboxylic acids is 1. The summed E-state index contributed by atoms with van der Waals surface area (Å²) >= 11 is 0. The van der Waals surface area contributed by atoms with Crippen LogP contribution in [0.25, 0.3) is 0 Å². The van der Waals surface area contributed by atoms with Gasteiger partial charge in [-0.15, -0.1) is 0 Å². The van der Waals surface area contributed by atoms with Crippen molar-refractivity contribution in [2.45, 2.75) is 25.8 Å². The van der Waals surface area contributed by atoms with Crippen LogP contribution in [0, 0.1) is 12.3 Å². The Morgan fingerprint density at radius 3 is 2.35 bits per heavy atom. The molecule has 0 fully saturated rings. The lowest BCUT2D eigenvalue weighted by Crippen LogP contribution is -2.41. The average molecular weight is 432 g/mol. The predicted octanol–water partition coefficient (Wildman–Crippen LogP) is 0.779. The van der Waals surface area contributed by atoms with E-state index in [0.717, 1.165) is 12.3 Å². The highest BCUT2D eigenvalue weighted by Gasteiger charge is 2.20. The highest BCUT2D eigenvalue weighted by atomic mass is 16.4. The van der Waals surface area contributed by atoms with Crippen LogP contribution in [0.15, 0.2) is 51.9 Å². The third-order valence-electron chi connectivity index (χ3n) is 3.91. The van der Waals surface area contributed by atoms with Crippen LogP contribution in [-0.2, 0) is 4.79 Å². The van der Waals surface area contributed by atoms with Gasteiger partial charge in [0.25, 0.3) is 5.91 Å². The van der Waals surface area contributed by atoms with Crippen molar-refractivity contribution >= 4 is 23.8 Å². The van der Waals surface area contributed by atoms with Crippen molar-refractivity contribution in [2.75, 3.05) is 6.54 Å². The number of guanidine groups is 1. The third kappa shape index (κ3) is 9.26. The van der Waals surface area contributed by atoms with Crippen LogP contribution in [0.4, 0.5) is 0 Å². The number of rotatable bonds is 8. The van der Waals surface area contributed by atoms with Gasteiger partial charge in [0, 0.05) is 18.2 Å². The summed E-state index contributed by atoms with van der Waals surface area (Å²) in [5, 5.41) is 29.6. The van der Waals surface area contributed by atoms with Crippen molar-refractivity contribution in [3.63, 3.8) is 0 Å². The molecule has 0 aliphatic rings. The normalized spacial score (nSPS) is 10.7. The Kier molecular flexibility index (Phi) is 9.97. The lowest BCUT2D eigenvalue weighted by atomic mass is 10.1. The van der Waals surface area contributed by atoms with Gasteiger partial charge in [-0.25, -0.2) is 14.4 Å². The fourth-order valence-electron chi connectivity index (χ4n) is 2.34. The molecular weight excluding hydrogens is 408 g/mol. The summed E-state index contributed by atoms with van der Waals surface area (Å²) in [5.41, 5.74) is 5.42. The summed E-state index contributed by atoms with van der Waals surface area (Å²) in [4.78, 5) is 43.8. The topological polar surface area (TPSA) is 196 Å². The third-order valence-corrected chi connectivity index (χ3v) is 3.91. The van der Waals surface area contributed by atoms with E-state index >= 15 is 0 Å². The number of nitrogens with two attached hydrogens (primary N) is 1. The SMILES string of the molecule is Cc1cc(=O)occ1C(=O)O.N=C(N)NCCC[C@H](NC(=O)c1ccccc1)C(=O)O. The fraction of sp³-hybridized carbons (Fsp3) is 0.250. The number of aliphatic carboxylic acids is 1. The Morgan fingerprint density at radius 2 is 1.84 bits per heavy atom. The molecule has 0 spiro atoms. The number of carboxylic acids is 2. The number of nitrogens with one attached hydrogen (secondary N) is 3. The van der Waals surface area contributed by atoms with Gasteiger partial charge in [-0.3, -0.25) is 10.2 Å². The van der Waals surface area contributed by atoms with Gasteiger partial charge < -0.3 is 31.0 Å². The molecule has 0 aliphatic heterocycles. The molecule has 0 unspecified atom stereocenters. The fourth-order valence-corrected chi connectivity index (χ4v) is 2.34. The molecule has 0 saturated carbocycles. The summed E-state index contributed by atoms with van der Waals surface area (Å²) in [7, 11) is 0. The van der Waals surface area contributed by atoms with Crippen LogP contribution in [0.3, 0.4) is 0 Å². The maximum atomic E-state index is 11.9. The van der Waals surface area contributed by atoms with E-state index in [9.17, 15) is 19.2 Å². The number of carboxylic acid groups (broad SMARTS) is 2. The molecule has 11 heteroatoms. The van der Waals surface area contributed by atoms with Gasteiger partial charge in [-0.1, -0.05) is 18.2 Å². The maximum absolute atomic E-state index is 11.9. The monoisotopic (exact) mass is 432 g/mol. The number of amides is 1. The molecule has 1 heterocycles. The average Bonchev–Trinajstić information content (AvgIpc) is 2.70. The Bertz CT molecular complexity index is 973. The molecule has 2 rings (SSSR count). The van der Waals surface area contributed by atoms with Crippen LogP contribution in [0.1, 0.15) is 39.1 Å². The molecule has 0 bridgehead atoms. The first-order valence-corrected chi connectivity index (χ1v) is 9.11. The Balaban J connectivity index is 0.000000367. The number of hydrogen-bond acceptors (Lipinski definition) is 6. The second-order valence-electron chi connectivity index (χ2n) is 6.31. The van der Waals surface area contributed by atoms with Crippen LogP contribution in [-0.4, -0.2) is 46.6 Å². The number of hydrogen-bond donors (Lipinski definition) is 6. The quantitative estimate of drug-likeness (QED) is 0.198. The van der Waals surface area contributed by atoms with Crippen molar-refractivity contribution < 1.29 is 29.0 Å². The molecule has 1 amide bonds. The molecule has 0 radical (unpaired) electrons. The molecule has 0 aliphatic carbocycles. The van der Waals surface area contributed by atoms with Gasteiger partial charge in [0.1, 0.15) is 12.3 Å². The predicted molar refractivity (Wildman–Crippen MR) is 111 cm³/mol. The first-order valence-electron chi connectivity index (χ1n) is 9.11. The van der Waals surface area contributed by atoms with Crippen molar-refractivity contribution in [1.82, 2.24) is 10.6 Å². The van der Waals surface area contributed by atoms with E-state index in [1.807, 2.05) is 0 Å². The zero-order chi connectivity index (χ0) is 23.4. The van der Waals surface area contributed by atoms with Gasteiger partial charge in [0.05, 0.1) is 5.56 Å². The first kappa shape index (κ1) is 24.9. The minimum Gasteiger partial charge on any atom is -0.480 e. The van der Waals surface area contributed by atoms with Crippen molar-refractivity contribution in [3.05, 3.63) is 69.8 Å². The van der Waals surface area contributed by atoms with E-state index < -0.39 is 29.5 Å². The van der Waals surface area contributed by atoms with Gasteiger partial charge in [0.2, 0.25) is 0 Å². The number of carbonyl (C=O) groups excluding carboxylic acids is 1. The minimum absolute atomic E-state index is 0.0181. The molecule has 0 saturated heterocycles. The van der Waals surface area contributed by atoms with Gasteiger partial charge in [-0.05, 0) is 37.5 Å². The smallest absolute Gasteiger partial charge is 0.339 e. The highest BCUT2D eigenvalue weighted by molar-refractivity contribution is 5.96. The lowest BCUT2D eigenvalue weighted by Gasteiger charge is -2.14. The summed E-state index contributed by atoms with van der Waals surface area (Å²) < 4.78 is 4.36. The van der Waals surface area contributed by atoms with E-state index in [-0.39, 0.29) is 17.9 Å². The van der Waals surface area contributed by atoms with Crippen LogP contribution in [0.2, 0.25) is 0 Å². The summed E-state index contributed by atoms with van der Waals surface area (Å²) in [6.07, 6.45) is 1.68. The summed E-state index contributed by atoms with van der Waals surface area (Å²) in [6, 6.07) is 8.61. The summed E-state index contributed by atoms with van der Waals surface area (Å²) in [6.45, 7) is 1.93. The first-order chi connectivity index (χ1) is 14.6. The molecule has 1 aromatic heterocycles. The number of carbonyl (C=O) groups is 3. The number of aryl methyl sites for hydroxylation is 1. The van der Waals surface area contributed by atoms with E-state index in [0.29, 0.717) is 24.1 Å². The molecular formula is C20H24N4O7. The molecule has 31 heavy (non-hydrogen) atoms. The second-order valence-corrected chi connectivity index (χ2v) is 6.31. The standard InChI is InChI=1S/C13H18N4O3.C7H6O4/c14-13(15)16-8-4-7-10(12(19)20)17-11(18)9-5-2-1-3-6-9;1-4-2-6(8)11-3-5(4)7(9)10/h1-3,5-6,10H,4,7-8H2,(H,17,18)(H,19,20)(H4,14,15,16);2-3H,1H3,(H,9,10)/t10-;/m0./s1. The van der Waals surface area contributed by atoms with Crippen molar-refractivity contribution in [2.24, 2.45) is 5.73 Å². The molecule has 2 aromatic rings. The molecule has 7 N–H and O–H groups in total. The van der Waals surface area contributed by atoms with E-state index in [1.165, 1.54) is 0 Å². The highest BCUT2D eigenvalue weighted by Crippen LogP contribution is 2.03. The second kappa shape index (κ2) is 12.4. The maximum Gasteiger partial charge on any atom is 0.339 e. The van der Waals surface area contributed by atoms with Crippen LogP contribution < -0.4 is 22.0 Å². The zero-order valence-corrected chi connectivity index (χ0v) is 16.8. The van der Waals surface area contributed by atoms with Crippen molar-refractivity contribution in [3.8, 4) is 0 Å². The van der Waals surface area contributed by atoms with Gasteiger partial charge in [0.15, 0.2) is 5.96 Å². The molecule has 1 atom stereocenters.